The summed E-state index contributed by atoms with van der Waals surface area (Å²) < 4.78 is 16.8. The topological polar surface area (TPSA) is 117 Å². The van der Waals surface area contributed by atoms with E-state index in [1.807, 2.05) is 69.6 Å². The molecule has 2 aliphatic rings. The van der Waals surface area contributed by atoms with Crippen LogP contribution in [0.5, 0.6) is 0 Å². The van der Waals surface area contributed by atoms with Gasteiger partial charge in [-0.3, -0.25) is 9.97 Å². The Bertz CT molecular complexity index is 3040. The number of hydrogen-bond donors (Lipinski definition) is 0. The SMILES string of the molecule is CCN(CC)c1ccc(C2(c3c(C)n(C)c4ccccc34)OC(=O)c3nccnc32)cc1.Cc1ccc(C2(c3c(C)n(C)c4ccccc34)OC(=O)c3nccnc32)c(C)c1. The highest BCUT2D eigenvalue weighted by Crippen LogP contribution is 2.51. The van der Waals surface area contributed by atoms with Crippen molar-refractivity contribution in [3.63, 3.8) is 0 Å². The molecule has 0 bridgehead atoms. The number of para-hydroxylation sites is 2. The number of benzene rings is 4. The Morgan fingerprint density at radius 1 is 0.590 bits per heavy atom. The van der Waals surface area contributed by atoms with Crippen molar-refractivity contribution in [1.82, 2.24) is 29.1 Å². The van der Waals surface area contributed by atoms with Crippen molar-refractivity contribution in [2.75, 3.05) is 18.0 Å². The lowest BCUT2D eigenvalue weighted by Crippen LogP contribution is -2.32. The largest absolute Gasteiger partial charge is 0.438 e. The fourth-order valence-electron chi connectivity index (χ4n) is 9.59. The quantitative estimate of drug-likeness (QED) is 0.146. The van der Waals surface area contributed by atoms with Gasteiger partial charge in [0.25, 0.3) is 0 Å². The lowest BCUT2D eigenvalue weighted by Gasteiger charge is -2.31. The molecule has 0 fully saturated rings. The average molecular weight is 810 g/mol. The van der Waals surface area contributed by atoms with E-state index in [0.717, 1.165) is 85.4 Å². The van der Waals surface area contributed by atoms with Crippen molar-refractivity contribution < 1.29 is 19.1 Å². The van der Waals surface area contributed by atoms with Gasteiger partial charge in [-0.1, -0.05) is 72.3 Å². The Hall–Kier alpha value is -7.14. The number of fused-ring (bicyclic) bond motifs is 4. The summed E-state index contributed by atoms with van der Waals surface area (Å²) in [6.07, 6.45) is 6.32. The Morgan fingerprint density at radius 2 is 1.07 bits per heavy atom. The van der Waals surface area contributed by atoms with Gasteiger partial charge in [-0.15, -0.1) is 0 Å². The first-order valence-corrected chi connectivity index (χ1v) is 20.6. The second kappa shape index (κ2) is 14.8. The molecule has 61 heavy (non-hydrogen) atoms. The van der Waals surface area contributed by atoms with Gasteiger partial charge in [-0.2, -0.15) is 0 Å². The maximum Gasteiger partial charge on any atom is 0.360 e. The summed E-state index contributed by atoms with van der Waals surface area (Å²) in [5.41, 5.74) is 10.5. The minimum Gasteiger partial charge on any atom is -0.438 e. The lowest BCUT2D eigenvalue weighted by atomic mass is 9.79. The van der Waals surface area contributed by atoms with Crippen LogP contribution in [0.25, 0.3) is 21.8 Å². The summed E-state index contributed by atoms with van der Waals surface area (Å²) in [4.78, 5) is 46.1. The first-order chi connectivity index (χ1) is 29.5. The molecule has 0 aliphatic carbocycles. The van der Waals surface area contributed by atoms with E-state index in [1.54, 1.807) is 12.4 Å². The van der Waals surface area contributed by atoms with Crippen LogP contribution in [-0.2, 0) is 34.8 Å². The van der Waals surface area contributed by atoms with Gasteiger partial charge in [0, 0.05) is 113 Å². The molecule has 0 spiro atoms. The van der Waals surface area contributed by atoms with Crippen LogP contribution in [0.2, 0.25) is 0 Å². The maximum atomic E-state index is 13.0. The summed E-state index contributed by atoms with van der Waals surface area (Å²) in [5.74, 6) is -0.895. The van der Waals surface area contributed by atoms with Gasteiger partial charge in [0.15, 0.2) is 11.4 Å². The molecule has 0 amide bonds. The van der Waals surface area contributed by atoms with Gasteiger partial charge in [-0.25, -0.2) is 19.6 Å². The number of carbonyl (C=O) groups is 2. The summed E-state index contributed by atoms with van der Waals surface area (Å²) >= 11 is 0. The van der Waals surface area contributed by atoms with Crippen LogP contribution >= 0.6 is 0 Å². The predicted molar refractivity (Wildman–Crippen MR) is 236 cm³/mol. The van der Waals surface area contributed by atoms with E-state index in [1.165, 1.54) is 12.4 Å². The van der Waals surface area contributed by atoms with E-state index in [9.17, 15) is 9.59 Å². The smallest absolute Gasteiger partial charge is 0.360 e. The van der Waals surface area contributed by atoms with E-state index in [2.05, 4.69) is 111 Å². The number of anilines is 1. The van der Waals surface area contributed by atoms with Crippen molar-refractivity contribution in [3.05, 3.63) is 183 Å². The molecule has 0 saturated heterocycles. The summed E-state index contributed by atoms with van der Waals surface area (Å²) in [6.45, 7) is 14.4. The zero-order valence-corrected chi connectivity index (χ0v) is 35.6. The molecular formula is C50H47N7O4. The monoisotopic (exact) mass is 809 g/mol. The standard InChI is InChI=1S/C26H26N4O2.C24H21N3O2/c1-5-30(6-2)19-13-11-18(12-14-19)26(24-23(25(31)32-26)27-15-16-28-24)22-17(3)29(4)21-10-8-7-9-20(21)22;1-14-9-10-18(15(2)13-14)24(22-21(23(28)29-24)25-11-12-26-22)20-16(3)27(4)19-8-6-5-7-17(19)20/h7-16H,5-6H2,1-4H3;5-13H,1-4H3. The fourth-order valence-corrected chi connectivity index (χ4v) is 9.59. The third-order valence-corrected chi connectivity index (χ3v) is 12.6. The molecule has 2 atom stereocenters. The number of aryl methyl sites for hydroxylation is 4. The molecule has 11 nitrogen and oxygen atoms in total. The van der Waals surface area contributed by atoms with Crippen LogP contribution in [0.4, 0.5) is 5.69 Å². The Kier molecular flexibility index (Phi) is 9.57. The lowest BCUT2D eigenvalue weighted by molar-refractivity contribution is 0.0233. The summed E-state index contributed by atoms with van der Waals surface area (Å²) in [6, 6.07) is 30.8. The van der Waals surface area contributed by atoms with Crippen molar-refractivity contribution in [2.45, 2.75) is 52.7 Å². The Labute approximate surface area is 354 Å². The highest BCUT2D eigenvalue weighted by molar-refractivity contribution is 5.98. The number of cyclic esters (lactones) is 2. The molecule has 4 aromatic carbocycles. The predicted octanol–water partition coefficient (Wildman–Crippen LogP) is 8.94. The Balaban J connectivity index is 0.000000157. The summed E-state index contributed by atoms with van der Waals surface area (Å²) in [7, 11) is 4.07. The third kappa shape index (κ3) is 5.78. The van der Waals surface area contributed by atoms with Gasteiger partial charge in [-0.05, 0) is 71.4 Å². The van der Waals surface area contributed by atoms with E-state index in [-0.39, 0.29) is 11.4 Å². The van der Waals surface area contributed by atoms with Crippen molar-refractivity contribution >= 4 is 39.4 Å². The van der Waals surface area contributed by atoms with Gasteiger partial charge < -0.3 is 23.5 Å². The normalized spacial score (nSPS) is 17.8. The van der Waals surface area contributed by atoms with Crippen molar-refractivity contribution in [1.29, 1.82) is 0 Å². The molecule has 0 saturated carbocycles. The van der Waals surface area contributed by atoms with Gasteiger partial charge >= 0.3 is 11.9 Å². The van der Waals surface area contributed by atoms with Crippen LogP contribution in [0.1, 0.15) is 91.0 Å². The van der Waals surface area contributed by atoms with Crippen LogP contribution in [-0.4, -0.2) is 54.1 Å². The summed E-state index contributed by atoms with van der Waals surface area (Å²) in [5, 5.41) is 2.07. The first kappa shape index (κ1) is 39.3. The number of hydrogen-bond acceptors (Lipinski definition) is 9. The number of nitrogens with zero attached hydrogens (tertiary/aromatic N) is 7. The number of carbonyl (C=O) groups excluding carboxylic acids is 2. The van der Waals surface area contributed by atoms with Gasteiger partial charge in [0.05, 0.1) is 0 Å². The van der Waals surface area contributed by atoms with Crippen LogP contribution in [0.15, 0.2) is 116 Å². The molecule has 2 aliphatic heterocycles. The minimum absolute atomic E-state index is 0.271. The van der Waals surface area contributed by atoms with Crippen LogP contribution < -0.4 is 4.90 Å². The molecule has 10 rings (SSSR count). The molecule has 0 radical (unpaired) electrons. The molecule has 8 aromatic rings. The molecule has 11 heteroatoms. The first-order valence-electron chi connectivity index (χ1n) is 20.6. The third-order valence-electron chi connectivity index (χ3n) is 12.6. The second-order valence-corrected chi connectivity index (χ2v) is 15.8. The second-order valence-electron chi connectivity index (χ2n) is 15.8. The zero-order chi connectivity index (χ0) is 42.8. The number of ether oxygens (including phenoxy) is 2. The molecule has 6 heterocycles. The van der Waals surface area contributed by atoms with Gasteiger partial charge in [0.2, 0.25) is 11.2 Å². The molecule has 2 unspecified atom stereocenters. The van der Waals surface area contributed by atoms with Crippen LogP contribution in [0.3, 0.4) is 0 Å². The van der Waals surface area contributed by atoms with E-state index in [4.69, 9.17) is 9.47 Å². The Morgan fingerprint density at radius 3 is 1.59 bits per heavy atom. The van der Waals surface area contributed by atoms with E-state index >= 15 is 0 Å². The van der Waals surface area contributed by atoms with E-state index in [0.29, 0.717) is 11.4 Å². The number of esters is 2. The number of aromatic nitrogens is 6. The molecule has 0 N–H and O–H groups in total. The van der Waals surface area contributed by atoms with Crippen molar-refractivity contribution in [2.24, 2.45) is 14.1 Å². The van der Waals surface area contributed by atoms with E-state index < -0.39 is 23.1 Å². The number of rotatable bonds is 7. The van der Waals surface area contributed by atoms with Gasteiger partial charge in [0.1, 0.15) is 11.4 Å². The average Bonchev–Trinajstić information content (AvgIpc) is 3.93. The van der Waals surface area contributed by atoms with Crippen molar-refractivity contribution in [3.8, 4) is 0 Å². The fraction of sp³-hybridized carbons (Fsp3) is 0.240. The maximum absolute atomic E-state index is 13.0. The minimum atomic E-state index is -1.16. The molecule has 4 aromatic heterocycles. The highest BCUT2D eigenvalue weighted by atomic mass is 16.6. The highest BCUT2D eigenvalue weighted by Gasteiger charge is 2.55. The zero-order valence-electron chi connectivity index (χ0n) is 35.6. The molecule has 306 valence electrons. The molecular weight excluding hydrogens is 763 g/mol. The van der Waals surface area contributed by atoms with Crippen LogP contribution in [0, 0.1) is 27.7 Å².